The lowest BCUT2D eigenvalue weighted by molar-refractivity contribution is 0.549. The fraction of sp³-hybridized carbons (Fsp3) is 0.400. The van der Waals surface area contributed by atoms with Gasteiger partial charge in [-0.3, -0.25) is 0 Å². The van der Waals surface area contributed by atoms with Gasteiger partial charge in [-0.25, -0.2) is 0 Å². The summed E-state index contributed by atoms with van der Waals surface area (Å²) in [6.07, 6.45) is 4.82. The van der Waals surface area contributed by atoms with Crippen molar-refractivity contribution in [2.45, 2.75) is 45.6 Å². The Balaban J connectivity index is 1.89. The zero-order valence-electron chi connectivity index (χ0n) is 13.2. The van der Waals surface area contributed by atoms with E-state index in [1.54, 1.807) is 0 Å². The van der Waals surface area contributed by atoms with Crippen LogP contribution in [-0.2, 0) is 12.8 Å². The molecule has 2 aromatic carbocycles. The van der Waals surface area contributed by atoms with Gasteiger partial charge in [-0.15, -0.1) is 0 Å². The van der Waals surface area contributed by atoms with Gasteiger partial charge in [-0.2, -0.15) is 0 Å². The number of nitrogens with one attached hydrogen (secondary N) is 1. The maximum absolute atomic E-state index is 3.59. The summed E-state index contributed by atoms with van der Waals surface area (Å²) in [6.45, 7) is 5.47. The van der Waals surface area contributed by atoms with Crippen molar-refractivity contribution in [2.24, 2.45) is 0 Å². The standard InChI is InChI=1S/C20H25N/c1-3-6-15-7-5-8-16(13-15)17-9-11-19-18(14-17)10-12-20(19)21-4-2/h5,7-9,11,13-14,20-21H,3-4,6,10,12H2,1-2H3. The van der Waals surface area contributed by atoms with Crippen LogP contribution in [0.1, 0.15) is 49.4 Å². The maximum Gasteiger partial charge on any atom is 0.0326 e. The number of rotatable bonds is 5. The maximum atomic E-state index is 3.59. The summed E-state index contributed by atoms with van der Waals surface area (Å²) in [5.74, 6) is 0. The Kier molecular flexibility index (Phi) is 4.40. The molecule has 1 aliphatic rings. The first-order valence-corrected chi connectivity index (χ1v) is 8.27. The monoisotopic (exact) mass is 279 g/mol. The number of fused-ring (bicyclic) bond motifs is 1. The van der Waals surface area contributed by atoms with Gasteiger partial charge in [0.05, 0.1) is 0 Å². The third-order valence-corrected chi connectivity index (χ3v) is 4.47. The second-order valence-corrected chi connectivity index (χ2v) is 6.01. The van der Waals surface area contributed by atoms with E-state index in [2.05, 4.69) is 61.6 Å². The molecule has 0 spiro atoms. The lowest BCUT2D eigenvalue weighted by atomic mass is 9.97. The molecule has 1 nitrogen and oxygen atoms in total. The molecule has 0 radical (unpaired) electrons. The normalized spacial score (nSPS) is 17.0. The van der Waals surface area contributed by atoms with Crippen LogP contribution in [0.3, 0.4) is 0 Å². The zero-order chi connectivity index (χ0) is 14.7. The molecule has 0 bridgehead atoms. The summed E-state index contributed by atoms with van der Waals surface area (Å²) < 4.78 is 0. The Hall–Kier alpha value is -1.60. The van der Waals surface area contributed by atoms with E-state index >= 15 is 0 Å². The number of aryl methyl sites for hydroxylation is 2. The van der Waals surface area contributed by atoms with Gasteiger partial charge in [-0.1, -0.05) is 62.7 Å². The first-order valence-electron chi connectivity index (χ1n) is 8.27. The molecule has 1 atom stereocenters. The third-order valence-electron chi connectivity index (χ3n) is 4.47. The smallest absolute Gasteiger partial charge is 0.0326 e. The van der Waals surface area contributed by atoms with Crippen LogP contribution in [0.4, 0.5) is 0 Å². The average molecular weight is 279 g/mol. The summed E-state index contributed by atoms with van der Waals surface area (Å²) in [6, 6.07) is 16.6. The highest BCUT2D eigenvalue weighted by Crippen LogP contribution is 2.34. The second kappa shape index (κ2) is 6.44. The van der Waals surface area contributed by atoms with Crippen molar-refractivity contribution in [2.75, 3.05) is 6.54 Å². The summed E-state index contributed by atoms with van der Waals surface area (Å²) >= 11 is 0. The molecular formula is C20H25N. The molecule has 0 amide bonds. The van der Waals surface area contributed by atoms with Gasteiger partial charge in [0.2, 0.25) is 0 Å². The summed E-state index contributed by atoms with van der Waals surface area (Å²) in [5, 5.41) is 3.59. The fourth-order valence-corrected chi connectivity index (χ4v) is 3.45. The lowest BCUT2D eigenvalue weighted by Gasteiger charge is -2.13. The van der Waals surface area contributed by atoms with Crippen LogP contribution in [0.5, 0.6) is 0 Å². The fourth-order valence-electron chi connectivity index (χ4n) is 3.45. The Morgan fingerprint density at radius 1 is 1.05 bits per heavy atom. The van der Waals surface area contributed by atoms with E-state index in [4.69, 9.17) is 0 Å². The van der Waals surface area contributed by atoms with Crippen molar-refractivity contribution in [1.29, 1.82) is 0 Å². The molecule has 0 saturated carbocycles. The van der Waals surface area contributed by atoms with E-state index in [0.717, 1.165) is 6.54 Å². The van der Waals surface area contributed by atoms with Crippen LogP contribution < -0.4 is 5.32 Å². The van der Waals surface area contributed by atoms with Crippen LogP contribution >= 0.6 is 0 Å². The molecule has 1 N–H and O–H groups in total. The van der Waals surface area contributed by atoms with Gasteiger partial charge < -0.3 is 5.32 Å². The third kappa shape index (κ3) is 3.03. The molecule has 0 aromatic heterocycles. The number of hydrogen-bond acceptors (Lipinski definition) is 1. The van der Waals surface area contributed by atoms with Crippen LogP contribution in [0.25, 0.3) is 11.1 Å². The Bertz CT molecular complexity index is 615. The highest BCUT2D eigenvalue weighted by atomic mass is 14.9. The van der Waals surface area contributed by atoms with E-state index in [-0.39, 0.29) is 0 Å². The van der Waals surface area contributed by atoms with Gasteiger partial charge in [-0.05, 0) is 53.6 Å². The Morgan fingerprint density at radius 2 is 1.90 bits per heavy atom. The lowest BCUT2D eigenvalue weighted by Crippen LogP contribution is -2.18. The highest BCUT2D eigenvalue weighted by molar-refractivity contribution is 5.66. The second-order valence-electron chi connectivity index (χ2n) is 6.01. The van der Waals surface area contributed by atoms with Crippen molar-refractivity contribution in [1.82, 2.24) is 5.32 Å². The van der Waals surface area contributed by atoms with E-state index in [1.165, 1.54) is 53.5 Å². The number of benzene rings is 2. The van der Waals surface area contributed by atoms with Gasteiger partial charge in [0, 0.05) is 6.04 Å². The number of hydrogen-bond donors (Lipinski definition) is 1. The minimum absolute atomic E-state index is 0.561. The molecule has 1 unspecified atom stereocenters. The molecule has 21 heavy (non-hydrogen) atoms. The average Bonchev–Trinajstić information content (AvgIpc) is 2.91. The minimum atomic E-state index is 0.561. The Labute approximate surface area is 128 Å². The first-order chi connectivity index (χ1) is 10.3. The summed E-state index contributed by atoms with van der Waals surface area (Å²) in [5.41, 5.74) is 7.20. The van der Waals surface area contributed by atoms with Crippen molar-refractivity contribution in [3.8, 4) is 11.1 Å². The van der Waals surface area contributed by atoms with Crippen LogP contribution in [0, 0.1) is 0 Å². The molecule has 3 rings (SSSR count). The van der Waals surface area contributed by atoms with Crippen molar-refractivity contribution >= 4 is 0 Å². The van der Waals surface area contributed by atoms with Crippen molar-refractivity contribution < 1.29 is 0 Å². The summed E-state index contributed by atoms with van der Waals surface area (Å²) in [4.78, 5) is 0. The van der Waals surface area contributed by atoms with Crippen LogP contribution in [0.15, 0.2) is 42.5 Å². The van der Waals surface area contributed by atoms with Crippen molar-refractivity contribution in [3.63, 3.8) is 0 Å². The molecule has 1 heteroatoms. The highest BCUT2D eigenvalue weighted by Gasteiger charge is 2.21. The van der Waals surface area contributed by atoms with Gasteiger partial charge in [0.1, 0.15) is 0 Å². The minimum Gasteiger partial charge on any atom is -0.310 e. The molecule has 2 aromatic rings. The molecular weight excluding hydrogens is 254 g/mol. The van der Waals surface area contributed by atoms with Crippen LogP contribution in [-0.4, -0.2) is 6.54 Å². The summed E-state index contributed by atoms with van der Waals surface area (Å²) in [7, 11) is 0. The molecule has 0 fully saturated rings. The molecule has 0 heterocycles. The zero-order valence-corrected chi connectivity index (χ0v) is 13.2. The van der Waals surface area contributed by atoms with Crippen LogP contribution in [0.2, 0.25) is 0 Å². The first kappa shape index (κ1) is 14.3. The topological polar surface area (TPSA) is 12.0 Å². The largest absolute Gasteiger partial charge is 0.310 e. The predicted molar refractivity (Wildman–Crippen MR) is 90.6 cm³/mol. The van der Waals surface area contributed by atoms with Gasteiger partial charge in [0.15, 0.2) is 0 Å². The van der Waals surface area contributed by atoms with E-state index < -0.39 is 0 Å². The molecule has 0 aliphatic heterocycles. The predicted octanol–water partition coefficient (Wildman–Crippen LogP) is 4.90. The van der Waals surface area contributed by atoms with E-state index in [1.807, 2.05) is 0 Å². The van der Waals surface area contributed by atoms with Gasteiger partial charge >= 0.3 is 0 Å². The quantitative estimate of drug-likeness (QED) is 0.820. The Morgan fingerprint density at radius 3 is 2.71 bits per heavy atom. The molecule has 1 aliphatic carbocycles. The van der Waals surface area contributed by atoms with Crippen molar-refractivity contribution in [3.05, 3.63) is 59.2 Å². The van der Waals surface area contributed by atoms with E-state index in [9.17, 15) is 0 Å². The van der Waals surface area contributed by atoms with E-state index in [0.29, 0.717) is 6.04 Å². The molecule has 0 saturated heterocycles. The molecule has 110 valence electrons. The SMILES string of the molecule is CCCc1cccc(-c2ccc3c(c2)CCC3NCC)c1. The van der Waals surface area contributed by atoms with Gasteiger partial charge in [0.25, 0.3) is 0 Å².